The van der Waals surface area contributed by atoms with Crippen molar-refractivity contribution in [2.75, 3.05) is 13.6 Å². The number of oxazole rings is 1. The molecular formula is C13H16N2O2. The predicted molar refractivity (Wildman–Crippen MR) is 65.0 cm³/mol. The molecule has 4 nitrogen and oxygen atoms in total. The van der Waals surface area contributed by atoms with Gasteiger partial charge in [0, 0.05) is 19.4 Å². The highest BCUT2D eigenvalue weighted by atomic mass is 16.3. The Morgan fingerprint density at radius 3 is 3.06 bits per heavy atom. The van der Waals surface area contributed by atoms with E-state index in [2.05, 4.69) is 10.3 Å². The van der Waals surface area contributed by atoms with Crippen LogP contribution in [-0.4, -0.2) is 23.7 Å². The second kappa shape index (κ2) is 5.50. The van der Waals surface area contributed by atoms with E-state index in [1.807, 2.05) is 19.2 Å². The van der Waals surface area contributed by atoms with Crippen LogP contribution in [0.3, 0.4) is 0 Å². The van der Waals surface area contributed by atoms with E-state index in [-0.39, 0.29) is 5.75 Å². The zero-order valence-electron chi connectivity index (χ0n) is 9.81. The predicted octanol–water partition coefficient (Wildman–Crippen LogP) is 1.73. The average molecular weight is 232 g/mol. The fourth-order valence-corrected chi connectivity index (χ4v) is 1.64. The van der Waals surface area contributed by atoms with Crippen molar-refractivity contribution in [1.29, 1.82) is 0 Å². The Hall–Kier alpha value is -1.81. The minimum absolute atomic E-state index is 0.268. The molecule has 0 unspecified atom stereocenters. The van der Waals surface area contributed by atoms with Gasteiger partial charge in [0.05, 0.1) is 5.69 Å². The van der Waals surface area contributed by atoms with Crippen LogP contribution in [0.15, 0.2) is 34.9 Å². The summed E-state index contributed by atoms with van der Waals surface area (Å²) >= 11 is 0. The molecule has 90 valence electrons. The molecule has 0 aliphatic carbocycles. The SMILES string of the molecule is CNCCc1coc(Cc2cccc(O)c2)n1. The van der Waals surface area contributed by atoms with E-state index < -0.39 is 0 Å². The molecule has 2 rings (SSSR count). The zero-order valence-corrected chi connectivity index (χ0v) is 9.81. The van der Waals surface area contributed by atoms with Crippen LogP contribution in [-0.2, 0) is 12.8 Å². The van der Waals surface area contributed by atoms with Crippen LogP contribution in [0, 0.1) is 0 Å². The summed E-state index contributed by atoms with van der Waals surface area (Å²) in [6, 6.07) is 7.13. The molecule has 17 heavy (non-hydrogen) atoms. The number of nitrogens with zero attached hydrogens (tertiary/aromatic N) is 1. The number of rotatable bonds is 5. The number of aromatic hydroxyl groups is 1. The van der Waals surface area contributed by atoms with Crippen molar-refractivity contribution < 1.29 is 9.52 Å². The Bertz CT molecular complexity index is 480. The van der Waals surface area contributed by atoms with Gasteiger partial charge in [-0.1, -0.05) is 12.1 Å². The molecule has 0 spiro atoms. The first-order valence-electron chi connectivity index (χ1n) is 5.63. The molecule has 0 amide bonds. The van der Waals surface area contributed by atoms with Crippen LogP contribution < -0.4 is 5.32 Å². The van der Waals surface area contributed by atoms with Gasteiger partial charge in [0.15, 0.2) is 5.89 Å². The first-order chi connectivity index (χ1) is 8.28. The quantitative estimate of drug-likeness (QED) is 0.824. The molecule has 0 atom stereocenters. The molecule has 1 heterocycles. The molecule has 0 saturated carbocycles. The monoisotopic (exact) mass is 232 g/mol. The van der Waals surface area contributed by atoms with Gasteiger partial charge in [-0.3, -0.25) is 0 Å². The molecule has 0 bridgehead atoms. The molecule has 0 aliphatic heterocycles. The maximum absolute atomic E-state index is 9.35. The third-order valence-electron chi connectivity index (χ3n) is 2.50. The van der Waals surface area contributed by atoms with Crippen LogP contribution in [0.1, 0.15) is 17.1 Å². The van der Waals surface area contributed by atoms with Crippen molar-refractivity contribution in [3.05, 3.63) is 47.7 Å². The molecule has 0 fully saturated rings. The highest BCUT2D eigenvalue weighted by Crippen LogP contribution is 2.15. The van der Waals surface area contributed by atoms with E-state index in [9.17, 15) is 5.11 Å². The largest absolute Gasteiger partial charge is 0.508 e. The highest BCUT2D eigenvalue weighted by Gasteiger charge is 2.05. The van der Waals surface area contributed by atoms with Gasteiger partial charge in [0.1, 0.15) is 12.0 Å². The minimum Gasteiger partial charge on any atom is -0.508 e. The smallest absolute Gasteiger partial charge is 0.198 e. The molecule has 0 aliphatic rings. The van der Waals surface area contributed by atoms with Crippen LogP contribution in [0.25, 0.3) is 0 Å². The van der Waals surface area contributed by atoms with Gasteiger partial charge in [-0.05, 0) is 24.7 Å². The summed E-state index contributed by atoms with van der Waals surface area (Å²) in [5.41, 5.74) is 1.95. The van der Waals surface area contributed by atoms with E-state index in [0.717, 1.165) is 24.2 Å². The standard InChI is InChI=1S/C13H16N2O2/c1-14-6-5-11-9-17-13(15-11)8-10-3-2-4-12(16)7-10/h2-4,7,9,14,16H,5-6,8H2,1H3. The Kier molecular flexibility index (Phi) is 3.77. The van der Waals surface area contributed by atoms with E-state index in [0.29, 0.717) is 12.3 Å². The summed E-state index contributed by atoms with van der Waals surface area (Å²) in [5, 5.41) is 12.4. The molecule has 0 saturated heterocycles. The number of phenolic OH excluding ortho intramolecular Hbond substituents is 1. The Balaban J connectivity index is 2.01. The zero-order chi connectivity index (χ0) is 12.1. The molecule has 2 N–H and O–H groups in total. The number of aromatic nitrogens is 1. The third-order valence-corrected chi connectivity index (χ3v) is 2.50. The van der Waals surface area contributed by atoms with Crippen LogP contribution in [0.4, 0.5) is 0 Å². The summed E-state index contributed by atoms with van der Waals surface area (Å²) in [4.78, 5) is 4.38. The lowest BCUT2D eigenvalue weighted by Crippen LogP contribution is -2.10. The summed E-state index contributed by atoms with van der Waals surface area (Å²) in [7, 11) is 1.91. The Morgan fingerprint density at radius 2 is 2.29 bits per heavy atom. The Morgan fingerprint density at radius 1 is 1.41 bits per heavy atom. The maximum atomic E-state index is 9.35. The summed E-state index contributed by atoms with van der Waals surface area (Å²) in [5.74, 6) is 0.950. The maximum Gasteiger partial charge on any atom is 0.198 e. The number of likely N-dealkylation sites (N-methyl/N-ethyl adjacent to an activating group) is 1. The summed E-state index contributed by atoms with van der Waals surface area (Å²) in [6.45, 7) is 0.887. The first kappa shape index (κ1) is 11.7. The Labute approximate surface area is 100 Å². The number of hydrogen-bond acceptors (Lipinski definition) is 4. The molecule has 1 aromatic heterocycles. The lowest BCUT2D eigenvalue weighted by Gasteiger charge is -1.98. The van der Waals surface area contributed by atoms with Gasteiger partial charge < -0.3 is 14.8 Å². The second-order valence-corrected chi connectivity index (χ2v) is 3.93. The summed E-state index contributed by atoms with van der Waals surface area (Å²) < 4.78 is 5.38. The van der Waals surface area contributed by atoms with Crippen molar-refractivity contribution in [3.8, 4) is 5.75 Å². The average Bonchev–Trinajstić information content (AvgIpc) is 2.74. The normalized spacial score (nSPS) is 10.6. The van der Waals surface area contributed by atoms with E-state index >= 15 is 0 Å². The van der Waals surface area contributed by atoms with E-state index in [4.69, 9.17) is 4.42 Å². The minimum atomic E-state index is 0.268. The van der Waals surface area contributed by atoms with Crippen LogP contribution >= 0.6 is 0 Å². The third kappa shape index (κ3) is 3.32. The van der Waals surface area contributed by atoms with Gasteiger partial charge in [0.25, 0.3) is 0 Å². The fourth-order valence-electron chi connectivity index (χ4n) is 1.64. The summed E-state index contributed by atoms with van der Waals surface area (Å²) in [6.07, 6.45) is 3.16. The number of hydrogen-bond donors (Lipinski definition) is 2. The van der Waals surface area contributed by atoms with Gasteiger partial charge in [-0.25, -0.2) is 4.98 Å². The van der Waals surface area contributed by atoms with E-state index in [1.165, 1.54) is 0 Å². The molecule has 0 radical (unpaired) electrons. The lowest BCUT2D eigenvalue weighted by atomic mass is 10.1. The first-order valence-corrected chi connectivity index (χ1v) is 5.63. The van der Waals surface area contributed by atoms with E-state index in [1.54, 1.807) is 18.4 Å². The molecule has 4 heteroatoms. The van der Waals surface area contributed by atoms with Crippen LogP contribution in [0.5, 0.6) is 5.75 Å². The topological polar surface area (TPSA) is 58.3 Å². The van der Waals surface area contributed by atoms with Crippen LogP contribution in [0.2, 0.25) is 0 Å². The number of phenols is 1. The second-order valence-electron chi connectivity index (χ2n) is 3.93. The van der Waals surface area contributed by atoms with Crippen molar-refractivity contribution in [2.45, 2.75) is 12.8 Å². The van der Waals surface area contributed by atoms with Crippen molar-refractivity contribution in [2.24, 2.45) is 0 Å². The van der Waals surface area contributed by atoms with Gasteiger partial charge >= 0.3 is 0 Å². The van der Waals surface area contributed by atoms with Gasteiger partial charge in [0.2, 0.25) is 0 Å². The molecular weight excluding hydrogens is 216 g/mol. The van der Waals surface area contributed by atoms with Gasteiger partial charge in [-0.2, -0.15) is 0 Å². The molecule has 1 aromatic carbocycles. The number of benzene rings is 1. The molecule has 2 aromatic rings. The van der Waals surface area contributed by atoms with Crippen molar-refractivity contribution in [1.82, 2.24) is 10.3 Å². The number of nitrogens with one attached hydrogen (secondary N) is 1. The highest BCUT2D eigenvalue weighted by molar-refractivity contribution is 5.28. The van der Waals surface area contributed by atoms with Crippen molar-refractivity contribution in [3.63, 3.8) is 0 Å². The van der Waals surface area contributed by atoms with Gasteiger partial charge in [-0.15, -0.1) is 0 Å². The lowest BCUT2D eigenvalue weighted by molar-refractivity contribution is 0.473. The van der Waals surface area contributed by atoms with Crippen molar-refractivity contribution >= 4 is 0 Å². The fraction of sp³-hybridized carbons (Fsp3) is 0.308.